The zero-order valence-corrected chi connectivity index (χ0v) is 16.0. The van der Waals surface area contributed by atoms with Crippen LogP contribution in [0.1, 0.15) is 44.7 Å². The minimum Gasteiger partial charge on any atom is -0.486 e. The van der Waals surface area contributed by atoms with Crippen LogP contribution in [0.25, 0.3) is 0 Å². The van der Waals surface area contributed by atoms with Crippen molar-refractivity contribution in [3.8, 4) is 5.75 Å². The molecule has 0 saturated heterocycles. The van der Waals surface area contributed by atoms with Gasteiger partial charge < -0.3 is 14.5 Å². The highest BCUT2D eigenvalue weighted by Gasteiger charge is 2.32. The molecule has 30 heavy (non-hydrogen) atoms. The number of Topliss-reactive ketones (excluding diaryl/α,β-unsaturated/α-hetero) is 1. The van der Waals surface area contributed by atoms with E-state index >= 15 is 0 Å². The molecule has 8 heteroatoms. The van der Waals surface area contributed by atoms with E-state index in [1.54, 1.807) is 30.3 Å². The molecule has 0 unspecified atom stereocenters. The van der Waals surface area contributed by atoms with Crippen molar-refractivity contribution in [2.75, 3.05) is 0 Å². The number of ketones is 1. The Kier molecular flexibility index (Phi) is 6.25. The summed E-state index contributed by atoms with van der Waals surface area (Å²) in [5.74, 6) is 0.160. The van der Waals surface area contributed by atoms with Gasteiger partial charge >= 0.3 is 6.18 Å². The number of halogens is 3. The monoisotopic (exact) mass is 417 g/mol. The van der Waals surface area contributed by atoms with Gasteiger partial charge in [0.1, 0.15) is 18.1 Å². The maximum atomic E-state index is 13.0. The van der Waals surface area contributed by atoms with E-state index in [4.69, 9.17) is 9.15 Å². The van der Waals surface area contributed by atoms with Gasteiger partial charge in [-0.1, -0.05) is 18.2 Å². The lowest BCUT2D eigenvalue weighted by Crippen LogP contribution is -2.24. The number of carbonyl (C=O) groups excluding carboxylic acids is 2. The number of hydrogen-bond acceptors (Lipinski definition) is 4. The molecule has 5 nitrogen and oxygen atoms in total. The zero-order valence-electron chi connectivity index (χ0n) is 16.0. The van der Waals surface area contributed by atoms with Gasteiger partial charge in [0.05, 0.1) is 5.56 Å². The van der Waals surface area contributed by atoms with E-state index in [2.05, 4.69) is 5.32 Å². The third-order valence-corrected chi connectivity index (χ3v) is 4.29. The summed E-state index contributed by atoms with van der Waals surface area (Å²) in [4.78, 5) is 23.5. The van der Waals surface area contributed by atoms with Crippen LogP contribution < -0.4 is 10.1 Å². The number of hydrogen-bond donors (Lipinski definition) is 1. The van der Waals surface area contributed by atoms with Crippen LogP contribution in [0.3, 0.4) is 0 Å². The Morgan fingerprint density at radius 2 is 1.70 bits per heavy atom. The van der Waals surface area contributed by atoms with Crippen molar-refractivity contribution >= 4 is 11.7 Å². The first-order chi connectivity index (χ1) is 14.2. The van der Waals surface area contributed by atoms with Gasteiger partial charge in [0.2, 0.25) is 0 Å². The fraction of sp³-hybridized carbons (Fsp3) is 0.182. The first-order valence-electron chi connectivity index (χ1n) is 9.00. The molecule has 0 aliphatic heterocycles. The number of rotatable bonds is 7. The van der Waals surface area contributed by atoms with Gasteiger partial charge in [0.25, 0.3) is 5.91 Å². The molecule has 156 valence electrons. The number of alkyl halides is 3. The van der Waals surface area contributed by atoms with Crippen molar-refractivity contribution in [1.29, 1.82) is 0 Å². The van der Waals surface area contributed by atoms with E-state index in [1.807, 2.05) is 0 Å². The molecule has 1 aromatic heterocycles. The minimum absolute atomic E-state index is 0.0370. The van der Waals surface area contributed by atoms with E-state index in [9.17, 15) is 22.8 Å². The second-order valence-corrected chi connectivity index (χ2v) is 6.47. The Labute approximate surface area is 170 Å². The van der Waals surface area contributed by atoms with Crippen LogP contribution >= 0.6 is 0 Å². The predicted octanol–water partition coefficient (Wildman–Crippen LogP) is 5.01. The lowest BCUT2D eigenvalue weighted by Gasteiger charge is -2.12. The number of nitrogens with one attached hydrogen (secondary N) is 1. The lowest BCUT2D eigenvalue weighted by molar-refractivity contribution is -0.138. The van der Waals surface area contributed by atoms with E-state index in [-0.39, 0.29) is 30.3 Å². The molecule has 1 N–H and O–H groups in total. The Bertz CT molecular complexity index is 1040. The number of furan rings is 1. The van der Waals surface area contributed by atoms with Crippen molar-refractivity contribution < 1.29 is 31.9 Å². The number of carbonyl (C=O) groups is 2. The summed E-state index contributed by atoms with van der Waals surface area (Å²) in [7, 11) is 0. The molecule has 0 radical (unpaired) electrons. The Hall–Kier alpha value is -3.55. The van der Waals surface area contributed by atoms with Crippen LogP contribution in [0.15, 0.2) is 65.1 Å². The number of ether oxygens (including phenoxy) is 1. The maximum absolute atomic E-state index is 13.0. The van der Waals surface area contributed by atoms with Crippen LogP contribution in [0.2, 0.25) is 0 Å². The van der Waals surface area contributed by atoms with Crippen molar-refractivity contribution in [2.45, 2.75) is 26.3 Å². The van der Waals surface area contributed by atoms with Gasteiger partial charge in [-0.3, -0.25) is 9.59 Å². The Balaban J connectivity index is 1.57. The van der Waals surface area contributed by atoms with Crippen molar-refractivity contribution in [3.63, 3.8) is 0 Å². The normalized spacial score (nSPS) is 11.2. The molecule has 0 saturated carbocycles. The molecule has 0 fully saturated rings. The molecule has 1 heterocycles. The first-order valence-corrected chi connectivity index (χ1v) is 9.00. The topological polar surface area (TPSA) is 68.5 Å². The smallest absolute Gasteiger partial charge is 0.416 e. The van der Waals surface area contributed by atoms with Gasteiger partial charge in [-0.2, -0.15) is 13.2 Å². The second kappa shape index (κ2) is 8.86. The molecule has 0 atom stereocenters. The summed E-state index contributed by atoms with van der Waals surface area (Å²) in [5.41, 5.74) is -0.275. The quantitative estimate of drug-likeness (QED) is 0.549. The fourth-order valence-electron chi connectivity index (χ4n) is 2.73. The fourth-order valence-corrected chi connectivity index (χ4v) is 2.73. The largest absolute Gasteiger partial charge is 0.486 e. The number of benzene rings is 2. The average Bonchev–Trinajstić information content (AvgIpc) is 3.19. The van der Waals surface area contributed by atoms with Gasteiger partial charge in [-0.25, -0.2) is 0 Å². The Morgan fingerprint density at radius 3 is 2.37 bits per heavy atom. The summed E-state index contributed by atoms with van der Waals surface area (Å²) < 4.78 is 50.0. The van der Waals surface area contributed by atoms with E-state index < -0.39 is 17.6 Å². The molecular weight excluding hydrogens is 399 g/mol. The molecule has 2 aromatic carbocycles. The molecule has 0 aliphatic rings. The van der Waals surface area contributed by atoms with Crippen LogP contribution in [-0.4, -0.2) is 11.7 Å². The van der Waals surface area contributed by atoms with Crippen LogP contribution in [0.5, 0.6) is 5.75 Å². The van der Waals surface area contributed by atoms with Crippen LogP contribution in [0, 0.1) is 0 Å². The highest BCUT2D eigenvalue weighted by molar-refractivity contribution is 5.94. The molecule has 0 spiro atoms. The summed E-state index contributed by atoms with van der Waals surface area (Å²) in [6.45, 7) is 1.22. The third-order valence-electron chi connectivity index (χ3n) is 4.29. The SMILES string of the molecule is CC(=O)c1ccc(OCc2ccc(C(=O)NCc3ccccc3C(F)(F)F)o2)cc1. The van der Waals surface area contributed by atoms with Crippen molar-refractivity contribution in [1.82, 2.24) is 5.32 Å². The molecule has 0 aliphatic carbocycles. The predicted molar refractivity (Wildman–Crippen MR) is 102 cm³/mol. The minimum atomic E-state index is -4.50. The van der Waals surface area contributed by atoms with Gasteiger partial charge in [0, 0.05) is 12.1 Å². The standard InChI is InChI=1S/C22H18F3NO4/c1-14(27)15-6-8-17(9-7-15)29-13-18-10-11-20(30-18)21(28)26-12-16-4-2-3-5-19(16)22(23,24)25/h2-11H,12-13H2,1H3,(H,26,28). The summed E-state index contributed by atoms with van der Waals surface area (Å²) in [6.07, 6.45) is -4.50. The molecular formula is C22H18F3NO4. The molecule has 3 aromatic rings. The lowest BCUT2D eigenvalue weighted by atomic mass is 10.1. The summed E-state index contributed by atoms with van der Waals surface area (Å²) >= 11 is 0. The van der Waals surface area contributed by atoms with Crippen LogP contribution in [0.4, 0.5) is 13.2 Å². The first kappa shape index (κ1) is 21.2. The summed E-state index contributed by atoms with van der Waals surface area (Å²) in [6, 6.07) is 14.6. The average molecular weight is 417 g/mol. The molecule has 0 bridgehead atoms. The van der Waals surface area contributed by atoms with Gasteiger partial charge in [0.15, 0.2) is 11.5 Å². The van der Waals surface area contributed by atoms with Crippen molar-refractivity contribution in [3.05, 3.63) is 88.9 Å². The highest BCUT2D eigenvalue weighted by Crippen LogP contribution is 2.31. The zero-order chi connectivity index (χ0) is 21.7. The van der Waals surface area contributed by atoms with Gasteiger partial charge in [-0.15, -0.1) is 0 Å². The Morgan fingerprint density at radius 1 is 1.00 bits per heavy atom. The van der Waals surface area contributed by atoms with Crippen molar-refractivity contribution in [2.24, 2.45) is 0 Å². The third kappa shape index (κ3) is 5.28. The summed E-state index contributed by atoms with van der Waals surface area (Å²) in [5, 5.41) is 2.43. The van der Waals surface area contributed by atoms with E-state index in [1.165, 1.54) is 31.2 Å². The van der Waals surface area contributed by atoms with E-state index in [0.717, 1.165) is 6.07 Å². The highest BCUT2D eigenvalue weighted by atomic mass is 19.4. The molecule has 1 amide bonds. The van der Waals surface area contributed by atoms with Gasteiger partial charge in [-0.05, 0) is 55.0 Å². The maximum Gasteiger partial charge on any atom is 0.416 e. The van der Waals surface area contributed by atoms with Crippen LogP contribution in [-0.2, 0) is 19.3 Å². The van der Waals surface area contributed by atoms with E-state index in [0.29, 0.717) is 17.1 Å². The second-order valence-electron chi connectivity index (χ2n) is 6.47. The molecule has 3 rings (SSSR count). The number of amides is 1.